The molecule has 0 bridgehead atoms. The van der Waals surface area contributed by atoms with Gasteiger partial charge in [0.05, 0.1) is 32.0 Å². The van der Waals surface area contributed by atoms with Crippen molar-refractivity contribution in [3.05, 3.63) is 88.4 Å². The Morgan fingerprint density at radius 3 is 2.31 bits per heavy atom. The summed E-state index contributed by atoms with van der Waals surface area (Å²) in [7, 11) is 1.54. The number of benzene rings is 3. The number of carbonyl (C=O) groups is 3. The van der Waals surface area contributed by atoms with Crippen LogP contribution in [0.4, 0.5) is 0 Å². The summed E-state index contributed by atoms with van der Waals surface area (Å²) in [5, 5.41) is 6.89. The van der Waals surface area contributed by atoms with Crippen molar-refractivity contribution in [3.63, 3.8) is 0 Å². The third-order valence-corrected chi connectivity index (χ3v) is 4.97. The Morgan fingerprint density at radius 1 is 0.944 bits per heavy atom. The van der Waals surface area contributed by atoms with Gasteiger partial charge in [-0.1, -0.05) is 11.6 Å². The van der Waals surface area contributed by atoms with E-state index in [9.17, 15) is 14.4 Å². The van der Waals surface area contributed by atoms with Crippen LogP contribution in [0.25, 0.3) is 0 Å². The second kappa shape index (κ2) is 12.9. The highest BCUT2D eigenvalue weighted by Crippen LogP contribution is 2.29. The number of nitrogens with zero attached hydrogens (tertiary/aromatic N) is 1. The summed E-state index contributed by atoms with van der Waals surface area (Å²) in [5.74, 6) is -0.265. The Labute approximate surface area is 213 Å². The number of ether oxygens (including phenoxy) is 3. The number of halogens is 1. The zero-order chi connectivity index (χ0) is 25.9. The number of carbonyl (C=O) groups excluding carboxylic acids is 3. The predicted octanol–water partition coefficient (Wildman–Crippen LogP) is 3.85. The van der Waals surface area contributed by atoms with Gasteiger partial charge in [0.15, 0.2) is 11.5 Å². The van der Waals surface area contributed by atoms with Crippen molar-refractivity contribution in [1.82, 2.24) is 10.7 Å². The third kappa shape index (κ3) is 7.57. The Kier molecular flexibility index (Phi) is 9.41. The molecule has 3 aromatic carbocycles. The second-order valence-corrected chi connectivity index (χ2v) is 7.68. The maximum atomic E-state index is 12.5. The molecular formula is C26H24ClN3O6. The Balaban J connectivity index is 1.56. The molecule has 2 amide bonds. The summed E-state index contributed by atoms with van der Waals surface area (Å²) in [6.07, 6.45) is 1.40. The van der Waals surface area contributed by atoms with Gasteiger partial charge < -0.3 is 19.5 Å². The molecule has 2 N–H and O–H groups in total. The van der Waals surface area contributed by atoms with Crippen molar-refractivity contribution in [2.45, 2.75) is 6.92 Å². The summed E-state index contributed by atoms with van der Waals surface area (Å²) in [6.45, 7) is 1.88. The van der Waals surface area contributed by atoms with E-state index in [1.54, 1.807) is 80.8 Å². The van der Waals surface area contributed by atoms with Crippen molar-refractivity contribution in [3.8, 4) is 17.2 Å². The Morgan fingerprint density at radius 2 is 1.64 bits per heavy atom. The summed E-state index contributed by atoms with van der Waals surface area (Å²) < 4.78 is 16.2. The first kappa shape index (κ1) is 26.2. The lowest BCUT2D eigenvalue weighted by Crippen LogP contribution is -2.34. The quantitative estimate of drug-likeness (QED) is 0.186. The lowest BCUT2D eigenvalue weighted by molar-refractivity contribution is -0.120. The number of methoxy groups -OCH3 is 1. The molecule has 0 unspecified atom stereocenters. The van der Waals surface area contributed by atoms with Crippen LogP contribution in [0.5, 0.6) is 17.2 Å². The number of hydrogen-bond acceptors (Lipinski definition) is 7. The van der Waals surface area contributed by atoms with Crippen LogP contribution >= 0.6 is 11.6 Å². The van der Waals surface area contributed by atoms with Gasteiger partial charge in [0, 0.05) is 10.6 Å². The van der Waals surface area contributed by atoms with Crippen LogP contribution in [-0.4, -0.2) is 44.3 Å². The smallest absolute Gasteiger partial charge is 0.343 e. The average Bonchev–Trinajstić information content (AvgIpc) is 2.89. The average molecular weight is 510 g/mol. The Hall–Kier alpha value is -4.37. The number of rotatable bonds is 10. The monoisotopic (exact) mass is 509 g/mol. The van der Waals surface area contributed by atoms with Gasteiger partial charge in [-0.25, -0.2) is 10.2 Å². The minimum atomic E-state index is -0.548. The van der Waals surface area contributed by atoms with Gasteiger partial charge >= 0.3 is 5.97 Å². The molecule has 0 fully saturated rings. The van der Waals surface area contributed by atoms with E-state index in [1.165, 1.54) is 6.21 Å². The molecule has 0 saturated heterocycles. The minimum absolute atomic E-state index is 0.240. The fraction of sp³-hybridized carbons (Fsp3) is 0.154. The zero-order valence-electron chi connectivity index (χ0n) is 19.6. The largest absolute Gasteiger partial charge is 0.497 e. The van der Waals surface area contributed by atoms with Gasteiger partial charge in [-0.3, -0.25) is 9.59 Å². The molecule has 186 valence electrons. The van der Waals surface area contributed by atoms with E-state index in [2.05, 4.69) is 15.8 Å². The summed E-state index contributed by atoms with van der Waals surface area (Å²) in [5.41, 5.74) is 3.66. The zero-order valence-corrected chi connectivity index (χ0v) is 20.4. The highest BCUT2D eigenvalue weighted by atomic mass is 35.5. The molecule has 0 spiro atoms. The molecule has 3 aromatic rings. The van der Waals surface area contributed by atoms with E-state index in [0.717, 1.165) is 0 Å². The third-order valence-electron chi connectivity index (χ3n) is 4.71. The molecule has 0 aliphatic carbocycles. The molecule has 0 aliphatic heterocycles. The fourth-order valence-electron chi connectivity index (χ4n) is 2.93. The first-order chi connectivity index (χ1) is 17.4. The van der Waals surface area contributed by atoms with E-state index < -0.39 is 17.8 Å². The normalized spacial score (nSPS) is 10.5. The fourth-order valence-corrected chi connectivity index (χ4v) is 3.05. The van der Waals surface area contributed by atoms with Crippen molar-refractivity contribution in [1.29, 1.82) is 0 Å². The van der Waals surface area contributed by atoms with Gasteiger partial charge in [0.1, 0.15) is 5.75 Å². The SMILES string of the molecule is CCOc1cc(/C=N\NC(=O)CNC(=O)c2ccc(Cl)cc2)ccc1OC(=O)c1ccc(OC)cc1. The lowest BCUT2D eigenvalue weighted by Gasteiger charge is -2.11. The molecule has 0 aliphatic rings. The molecular weight excluding hydrogens is 486 g/mol. The first-order valence-electron chi connectivity index (χ1n) is 10.9. The summed E-state index contributed by atoms with van der Waals surface area (Å²) in [6, 6.07) is 17.7. The van der Waals surface area contributed by atoms with Crippen LogP contribution < -0.4 is 25.0 Å². The van der Waals surface area contributed by atoms with Gasteiger partial charge in [0.25, 0.3) is 11.8 Å². The number of amides is 2. The van der Waals surface area contributed by atoms with Crippen molar-refractivity contribution < 1.29 is 28.6 Å². The highest BCUT2D eigenvalue weighted by molar-refractivity contribution is 6.30. The van der Waals surface area contributed by atoms with E-state index in [4.69, 9.17) is 25.8 Å². The van der Waals surface area contributed by atoms with Gasteiger partial charge in [0.2, 0.25) is 0 Å². The molecule has 3 rings (SSSR count). The second-order valence-electron chi connectivity index (χ2n) is 7.24. The van der Waals surface area contributed by atoms with Crippen molar-refractivity contribution >= 4 is 35.6 Å². The van der Waals surface area contributed by atoms with Crippen LogP contribution in [0.15, 0.2) is 71.8 Å². The maximum Gasteiger partial charge on any atom is 0.343 e. The van der Waals surface area contributed by atoms with Crippen molar-refractivity contribution in [2.75, 3.05) is 20.3 Å². The van der Waals surface area contributed by atoms with E-state index >= 15 is 0 Å². The molecule has 9 nitrogen and oxygen atoms in total. The number of hydrazone groups is 1. The van der Waals surface area contributed by atoms with Crippen LogP contribution in [0.3, 0.4) is 0 Å². The summed E-state index contributed by atoms with van der Waals surface area (Å²) >= 11 is 5.80. The molecule has 0 atom stereocenters. The Bertz CT molecular complexity index is 1240. The highest BCUT2D eigenvalue weighted by Gasteiger charge is 2.14. The van der Waals surface area contributed by atoms with E-state index in [-0.39, 0.29) is 12.3 Å². The molecule has 0 heterocycles. The van der Waals surface area contributed by atoms with E-state index in [1.807, 2.05) is 0 Å². The van der Waals surface area contributed by atoms with Crippen LogP contribution in [0, 0.1) is 0 Å². The molecule has 0 saturated carbocycles. The summed E-state index contributed by atoms with van der Waals surface area (Å²) in [4.78, 5) is 36.5. The minimum Gasteiger partial charge on any atom is -0.497 e. The van der Waals surface area contributed by atoms with Gasteiger partial charge in [-0.2, -0.15) is 5.10 Å². The lowest BCUT2D eigenvalue weighted by atomic mass is 10.2. The molecule has 0 radical (unpaired) electrons. The van der Waals surface area contributed by atoms with Crippen LogP contribution in [0.1, 0.15) is 33.2 Å². The van der Waals surface area contributed by atoms with Crippen LogP contribution in [0.2, 0.25) is 5.02 Å². The predicted molar refractivity (Wildman–Crippen MR) is 135 cm³/mol. The number of hydrogen-bond donors (Lipinski definition) is 2. The standard InChI is InChI=1S/C26H24ClN3O6/c1-3-35-23-14-17(4-13-22(23)36-26(33)19-7-11-21(34-2)12-8-19)15-29-30-24(31)16-28-25(32)18-5-9-20(27)10-6-18/h4-15H,3,16H2,1-2H3,(H,28,32)(H,30,31)/b29-15-. The van der Waals surface area contributed by atoms with E-state index in [0.29, 0.717) is 39.8 Å². The number of esters is 1. The van der Waals surface area contributed by atoms with Crippen LogP contribution in [-0.2, 0) is 4.79 Å². The van der Waals surface area contributed by atoms with Gasteiger partial charge in [-0.15, -0.1) is 0 Å². The van der Waals surface area contributed by atoms with Gasteiger partial charge in [-0.05, 0) is 79.2 Å². The maximum absolute atomic E-state index is 12.5. The number of nitrogens with one attached hydrogen (secondary N) is 2. The molecule has 0 aromatic heterocycles. The molecule has 10 heteroatoms. The van der Waals surface area contributed by atoms with Crippen molar-refractivity contribution in [2.24, 2.45) is 5.10 Å². The topological polar surface area (TPSA) is 115 Å². The first-order valence-corrected chi connectivity index (χ1v) is 11.3. The molecule has 36 heavy (non-hydrogen) atoms.